The Labute approximate surface area is 146 Å². The summed E-state index contributed by atoms with van der Waals surface area (Å²) in [7, 11) is 1.79. The van der Waals surface area contributed by atoms with Gasteiger partial charge in [0, 0.05) is 23.7 Å². The number of rotatable bonds is 3. The molecule has 2 aromatic heterocycles. The van der Waals surface area contributed by atoms with Crippen molar-refractivity contribution in [2.24, 2.45) is 7.05 Å². The summed E-state index contributed by atoms with van der Waals surface area (Å²) in [5.41, 5.74) is 2.83. The molecule has 0 radical (unpaired) electrons. The molecular formula is C15H12Cl2N4OS. The van der Waals surface area contributed by atoms with Gasteiger partial charge in [0.15, 0.2) is 10.8 Å². The fourth-order valence-electron chi connectivity index (χ4n) is 1.95. The third-order valence-electron chi connectivity index (χ3n) is 3.29. The Kier molecular flexibility index (Phi) is 4.39. The number of amides is 1. The van der Waals surface area contributed by atoms with E-state index in [-0.39, 0.29) is 5.91 Å². The Morgan fingerprint density at radius 3 is 2.70 bits per heavy atom. The molecule has 0 unspecified atom stereocenters. The van der Waals surface area contributed by atoms with Gasteiger partial charge < -0.3 is 0 Å². The molecule has 0 saturated heterocycles. The summed E-state index contributed by atoms with van der Waals surface area (Å²) in [5, 5.41) is 10.2. The van der Waals surface area contributed by atoms with Gasteiger partial charge >= 0.3 is 0 Å². The molecule has 3 aromatic rings. The number of benzene rings is 1. The number of hydrogen-bond donors (Lipinski definition) is 1. The van der Waals surface area contributed by atoms with E-state index in [9.17, 15) is 4.79 Å². The molecule has 8 heteroatoms. The van der Waals surface area contributed by atoms with Gasteiger partial charge in [-0.25, -0.2) is 4.98 Å². The lowest BCUT2D eigenvalue weighted by atomic mass is 10.2. The quantitative estimate of drug-likeness (QED) is 0.746. The number of aromatic nitrogens is 3. The van der Waals surface area contributed by atoms with Gasteiger partial charge in [-0.3, -0.25) is 14.8 Å². The van der Waals surface area contributed by atoms with Crippen molar-refractivity contribution in [3.8, 4) is 11.3 Å². The number of nitrogens with one attached hydrogen (secondary N) is 1. The molecule has 23 heavy (non-hydrogen) atoms. The van der Waals surface area contributed by atoms with Crippen LogP contribution in [0.25, 0.3) is 11.3 Å². The molecule has 0 aliphatic carbocycles. The smallest absolute Gasteiger partial charge is 0.277 e. The van der Waals surface area contributed by atoms with E-state index >= 15 is 0 Å². The van der Waals surface area contributed by atoms with Crippen molar-refractivity contribution >= 4 is 45.6 Å². The van der Waals surface area contributed by atoms with Gasteiger partial charge in [0.25, 0.3) is 5.91 Å². The summed E-state index contributed by atoms with van der Waals surface area (Å²) in [6.45, 7) is 1.88. The average Bonchev–Trinajstić information content (AvgIpc) is 3.10. The Bertz CT molecular complexity index is 868. The van der Waals surface area contributed by atoms with Gasteiger partial charge in [0.05, 0.1) is 15.7 Å². The van der Waals surface area contributed by atoms with Crippen molar-refractivity contribution < 1.29 is 4.79 Å². The van der Waals surface area contributed by atoms with Crippen molar-refractivity contribution in [2.75, 3.05) is 5.32 Å². The minimum absolute atomic E-state index is 0.288. The van der Waals surface area contributed by atoms with Crippen LogP contribution in [0.1, 0.15) is 16.2 Å². The van der Waals surface area contributed by atoms with Crippen LogP contribution in [0.4, 0.5) is 5.13 Å². The number of carbonyl (C=O) groups excluding carboxylic acids is 1. The highest BCUT2D eigenvalue weighted by Gasteiger charge is 2.14. The van der Waals surface area contributed by atoms with Crippen molar-refractivity contribution in [2.45, 2.75) is 6.92 Å². The summed E-state index contributed by atoms with van der Waals surface area (Å²) in [4.78, 5) is 16.6. The minimum Gasteiger partial charge on any atom is -0.296 e. The average molecular weight is 367 g/mol. The minimum atomic E-state index is -0.288. The van der Waals surface area contributed by atoms with Gasteiger partial charge in [0.1, 0.15) is 0 Å². The Hall–Kier alpha value is -1.89. The lowest BCUT2D eigenvalue weighted by molar-refractivity contribution is 0.102. The van der Waals surface area contributed by atoms with Gasteiger partial charge in [-0.1, -0.05) is 29.3 Å². The van der Waals surface area contributed by atoms with E-state index in [0.717, 1.165) is 17.0 Å². The molecule has 0 atom stereocenters. The van der Waals surface area contributed by atoms with Gasteiger partial charge in [-0.05, 0) is 25.1 Å². The number of aryl methyl sites for hydroxylation is 2. The predicted octanol–water partition coefficient (Wildman–Crippen LogP) is 4.41. The van der Waals surface area contributed by atoms with E-state index in [2.05, 4.69) is 15.4 Å². The fourth-order valence-corrected chi connectivity index (χ4v) is 2.96. The molecular weight excluding hydrogens is 355 g/mol. The first-order valence-electron chi connectivity index (χ1n) is 6.67. The number of hydrogen-bond acceptors (Lipinski definition) is 4. The van der Waals surface area contributed by atoms with Crippen LogP contribution in [0.2, 0.25) is 10.0 Å². The lowest BCUT2D eigenvalue weighted by Gasteiger charge is -2.00. The van der Waals surface area contributed by atoms with Gasteiger partial charge in [-0.2, -0.15) is 5.10 Å². The van der Waals surface area contributed by atoms with Crippen LogP contribution in [0.15, 0.2) is 29.6 Å². The fraction of sp³-hybridized carbons (Fsp3) is 0.133. The third-order valence-corrected chi connectivity index (χ3v) is 4.78. The maximum atomic E-state index is 12.2. The first kappa shape index (κ1) is 16.0. The molecule has 0 fully saturated rings. The van der Waals surface area contributed by atoms with E-state index < -0.39 is 0 Å². The number of thiazole rings is 1. The predicted molar refractivity (Wildman–Crippen MR) is 93.5 cm³/mol. The lowest BCUT2D eigenvalue weighted by Crippen LogP contribution is -2.12. The SMILES string of the molecule is Cc1cc(C(=O)Nc2nc(-c3ccc(Cl)c(Cl)c3)cs2)nn1C. The topological polar surface area (TPSA) is 59.8 Å². The van der Waals surface area contributed by atoms with E-state index in [1.54, 1.807) is 29.9 Å². The van der Waals surface area contributed by atoms with E-state index in [1.807, 2.05) is 18.4 Å². The van der Waals surface area contributed by atoms with Gasteiger partial charge in [0.2, 0.25) is 0 Å². The highest BCUT2D eigenvalue weighted by molar-refractivity contribution is 7.14. The van der Waals surface area contributed by atoms with Gasteiger partial charge in [-0.15, -0.1) is 11.3 Å². The molecule has 0 saturated carbocycles. The van der Waals surface area contributed by atoms with Crippen LogP contribution >= 0.6 is 34.5 Å². The second-order valence-corrected chi connectivity index (χ2v) is 6.59. The summed E-state index contributed by atoms with van der Waals surface area (Å²) in [5.74, 6) is -0.288. The number of halogens is 2. The molecule has 118 valence electrons. The molecule has 5 nitrogen and oxygen atoms in total. The van der Waals surface area contributed by atoms with Crippen LogP contribution < -0.4 is 5.32 Å². The largest absolute Gasteiger partial charge is 0.296 e. The zero-order valence-corrected chi connectivity index (χ0v) is 14.6. The maximum absolute atomic E-state index is 12.2. The molecule has 0 spiro atoms. The second-order valence-electron chi connectivity index (χ2n) is 4.92. The van der Waals surface area contributed by atoms with E-state index in [0.29, 0.717) is 20.9 Å². The molecule has 1 amide bonds. The molecule has 3 rings (SSSR count). The Morgan fingerprint density at radius 1 is 1.26 bits per heavy atom. The normalized spacial score (nSPS) is 10.8. The van der Waals surface area contributed by atoms with Crippen molar-refractivity contribution in [3.05, 3.63) is 51.1 Å². The standard InChI is InChI=1S/C15H12Cl2N4OS/c1-8-5-12(20-21(8)2)14(22)19-15-18-13(7-23-15)9-3-4-10(16)11(17)6-9/h3-7H,1-2H3,(H,18,19,22). The summed E-state index contributed by atoms with van der Waals surface area (Å²) in [6, 6.07) is 7.01. The summed E-state index contributed by atoms with van der Waals surface area (Å²) < 4.78 is 1.65. The Morgan fingerprint density at radius 2 is 2.04 bits per heavy atom. The van der Waals surface area contributed by atoms with E-state index in [4.69, 9.17) is 23.2 Å². The molecule has 2 heterocycles. The van der Waals surface area contributed by atoms with Crippen LogP contribution in [0, 0.1) is 6.92 Å². The third kappa shape index (κ3) is 3.39. The summed E-state index contributed by atoms with van der Waals surface area (Å²) in [6.07, 6.45) is 0. The first-order valence-corrected chi connectivity index (χ1v) is 8.30. The first-order chi connectivity index (χ1) is 10.9. The molecule has 1 N–H and O–H groups in total. The number of carbonyl (C=O) groups is 1. The van der Waals surface area contributed by atoms with Crippen LogP contribution in [-0.2, 0) is 7.05 Å². The zero-order valence-electron chi connectivity index (χ0n) is 12.3. The molecule has 0 aliphatic rings. The molecule has 0 bridgehead atoms. The molecule has 0 aliphatic heterocycles. The monoisotopic (exact) mass is 366 g/mol. The second kappa shape index (κ2) is 6.31. The zero-order chi connectivity index (χ0) is 16.6. The van der Waals surface area contributed by atoms with Crippen molar-refractivity contribution in [1.82, 2.24) is 14.8 Å². The molecule has 1 aromatic carbocycles. The van der Waals surface area contributed by atoms with Crippen LogP contribution in [-0.4, -0.2) is 20.7 Å². The number of nitrogens with zero attached hydrogens (tertiary/aromatic N) is 3. The van der Waals surface area contributed by atoms with E-state index in [1.165, 1.54) is 11.3 Å². The van der Waals surface area contributed by atoms with Crippen LogP contribution in [0.5, 0.6) is 0 Å². The maximum Gasteiger partial charge on any atom is 0.277 e. The number of anilines is 1. The highest BCUT2D eigenvalue weighted by atomic mass is 35.5. The van der Waals surface area contributed by atoms with Crippen molar-refractivity contribution in [3.63, 3.8) is 0 Å². The Balaban J connectivity index is 1.79. The summed E-state index contributed by atoms with van der Waals surface area (Å²) >= 11 is 13.3. The van der Waals surface area contributed by atoms with Crippen LogP contribution in [0.3, 0.4) is 0 Å². The van der Waals surface area contributed by atoms with Crippen molar-refractivity contribution in [1.29, 1.82) is 0 Å². The highest BCUT2D eigenvalue weighted by Crippen LogP contribution is 2.30.